The molecular formula is C15H16BrClFNS. The molecule has 5 heteroatoms. The van der Waals surface area contributed by atoms with Crippen LogP contribution in [0, 0.1) is 5.82 Å². The van der Waals surface area contributed by atoms with Crippen molar-refractivity contribution in [3.63, 3.8) is 0 Å². The lowest BCUT2D eigenvalue weighted by Gasteiger charge is -2.17. The van der Waals surface area contributed by atoms with Gasteiger partial charge in [-0.15, -0.1) is 11.3 Å². The van der Waals surface area contributed by atoms with Crippen LogP contribution >= 0.6 is 38.9 Å². The summed E-state index contributed by atoms with van der Waals surface area (Å²) in [7, 11) is 0. The van der Waals surface area contributed by atoms with E-state index in [-0.39, 0.29) is 11.9 Å². The highest BCUT2D eigenvalue weighted by Crippen LogP contribution is 2.30. The summed E-state index contributed by atoms with van der Waals surface area (Å²) in [5.74, 6) is -0.239. The smallest absolute Gasteiger partial charge is 0.127 e. The molecule has 2 rings (SSSR count). The average molecular weight is 377 g/mol. The van der Waals surface area contributed by atoms with Gasteiger partial charge in [-0.2, -0.15) is 0 Å². The number of rotatable bonds is 6. The van der Waals surface area contributed by atoms with Gasteiger partial charge >= 0.3 is 0 Å². The Hall–Kier alpha value is -0.420. The maximum Gasteiger partial charge on any atom is 0.127 e. The van der Waals surface area contributed by atoms with E-state index in [1.165, 1.54) is 10.9 Å². The van der Waals surface area contributed by atoms with E-state index in [4.69, 9.17) is 11.6 Å². The Balaban J connectivity index is 2.18. The molecule has 0 radical (unpaired) electrons. The Kier molecular flexibility index (Phi) is 6.02. The van der Waals surface area contributed by atoms with E-state index in [1.807, 2.05) is 6.07 Å². The van der Waals surface area contributed by atoms with Gasteiger partial charge in [-0.25, -0.2) is 4.39 Å². The molecule has 0 aliphatic carbocycles. The number of hydrogen-bond acceptors (Lipinski definition) is 2. The molecule has 1 heterocycles. The van der Waals surface area contributed by atoms with Gasteiger partial charge in [0.15, 0.2) is 0 Å². The predicted molar refractivity (Wildman–Crippen MR) is 88.2 cm³/mol. The van der Waals surface area contributed by atoms with Crippen LogP contribution in [0.4, 0.5) is 4.39 Å². The van der Waals surface area contributed by atoms with Crippen LogP contribution in [-0.2, 0) is 6.42 Å². The molecule has 0 amide bonds. The second-order valence-electron chi connectivity index (χ2n) is 4.59. The summed E-state index contributed by atoms with van der Waals surface area (Å²) in [5.41, 5.74) is 0.688. The third kappa shape index (κ3) is 4.29. The summed E-state index contributed by atoms with van der Waals surface area (Å²) >= 11 is 11.0. The fraction of sp³-hybridized carbons (Fsp3) is 0.333. The normalized spacial score (nSPS) is 12.6. The zero-order chi connectivity index (χ0) is 14.5. The van der Waals surface area contributed by atoms with Crippen LogP contribution in [0.1, 0.15) is 29.8 Å². The van der Waals surface area contributed by atoms with Gasteiger partial charge in [0.2, 0.25) is 0 Å². The Morgan fingerprint density at radius 2 is 2.15 bits per heavy atom. The average Bonchev–Trinajstić information content (AvgIpc) is 2.83. The highest BCUT2D eigenvalue weighted by Gasteiger charge is 2.16. The van der Waals surface area contributed by atoms with Gasteiger partial charge in [-0.3, -0.25) is 0 Å². The molecule has 0 saturated heterocycles. The maximum atomic E-state index is 13.9. The first-order valence-corrected chi connectivity index (χ1v) is 8.51. The second kappa shape index (κ2) is 7.55. The van der Waals surface area contributed by atoms with E-state index in [9.17, 15) is 4.39 Å². The van der Waals surface area contributed by atoms with Crippen molar-refractivity contribution in [1.29, 1.82) is 0 Å². The van der Waals surface area contributed by atoms with Crippen molar-refractivity contribution in [2.24, 2.45) is 0 Å². The van der Waals surface area contributed by atoms with E-state index in [0.717, 1.165) is 16.8 Å². The number of thiophene rings is 1. The highest BCUT2D eigenvalue weighted by molar-refractivity contribution is 9.11. The van der Waals surface area contributed by atoms with Crippen LogP contribution in [0.5, 0.6) is 0 Å². The molecule has 0 aliphatic rings. The van der Waals surface area contributed by atoms with Gasteiger partial charge in [0.05, 0.1) is 3.79 Å². The van der Waals surface area contributed by atoms with Gasteiger partial charge in [-0.05, 0) is 65.1 Å². The minimum absolute atomic E-state index is 0.127. The Morgan fingerprint density at radius 3 is 2.75 bits per heavy atom. The molecule has 108 valence electrons. The van der Waals surface area contributed by atoms with Crippen molar-refractivity contribution in [3.8, 4) is 0 Å². The minimum Gasteiger partial charge on any atom is -0.309 e. The largest absolute Gasteiger partial charge is 0.309 e. The van der Waals surface area contributed by atoms with Crippen LogP contribution < -0.4 is 5.32 Å². The lowest BCUT2D eigenvalue weighted by atomic mass is 10.0. The fourth-order valence-corrected chi connectivity index (χ4v) is 3.67. The molecule has 1 unspecified atom stereocenters. The summed E-state index contributed by atoms with van der Waals surface area (Å²) < 4.78 is 15.0. The second-order valence-corrected chi connectivity index (χ2v) is 7.52. The van der Waals surface area contributed by atoms with Gasteiger partial charge in [0.25, 0.3) is 0 Å². The number of hydrogen-bond donors (Lipinski definition) is 1. The SMILES string of the molecule is CCCNC(Cc1ccc(Cl)cc1F)c1ccc(Br)s1. The van der Waals surface area contributed by atoms with Gasteiger partial charge in [0, 0.05) is 15.9 Å². The van der Waals surface area contributed by atoms with Crippen LogP contribution in [0.25, 0.3) is 0 Å². The summed E-state index contributed by atoms with van der Waals surface area (Å²) in [6.07, 6.45) is 1.67. The molecule has 1 aromatic carbocycles. The summed E-state index contributed by atoms with van der Waals surface area (Å²) in [6.45, 7) is 3.03. The molecule has 0 saturated carbocycles. The third-order valence-corrected chi connectivity index (χ3v) is 4.99. The van der Waals surface area contributed by atoms with Crippen molar-refractivity contribution in [3.05, 3.63) is 55.4 Å². The van der Waals surface area contributed by atoms with Crippen LogP contribution in [0.3, 0.4) is 0 Å². The van der Waals surface area contributed by atoms with Gasteiger partial charge < -0.3 is 5.32 Å². The standard InChI is InChI=1S/C15H16BrClFNS/c1-2-7-19-13(14-5-6-15(16)20-14)8-10-3-4-11(17)9-12(10)18/h3-6,9,13,19H,2,7-8H2,1H3. The Labute approximate surface area is 136 Å². The zero-order valence-electron chi connectivity index (χ0n) is 11.1. The molecule has 1 nitrogen and oxygen atoms in total. The van der Waals surface area contributed by atoms with E-state index in [2.05, 4.69) is 34.2 Å². The number of halogens is 3. The molecular weight excluding hydrogens is 361 g/mol. The highest BCUT2D eigenvalue weighted by atomic mass is 79.9. The van der Waals surface area contributed by atoms with Crippen molar-refractivity contribution < 1.29 is 4.39 Å². The zero-order valence-corrected chi connectivity index (χ0v) is 14.3. The molecule has 0 aliphatic heterocycles. The maximum absolute atomic E-state index is 13.9. The minimum atomic E-state index is -0.239. The molecule has 20 heavy (non-hydrogen) atoms. The summed E-state index contributed by atoms with van der Waals surface area (Å²) in [5, 5.41) is 3.91. The molecule has 0 spiro atoms. The monoisotopic (exact) mass is 375 g/mol. The predicted octanol–water partition coefficient (Wildman–Crippen LogP) is 5.59. The first-order chi connectivity index (χ1) is 9.60. The summed E-state index contributed by atoms with van der Waals surface area (Å²) in [4.78, 5) is 1.21. The quantitative estimate of drug-likeness (QED) is 0.693. The van der Waals surface area contributed by atoms with E-state index >= 15 is 0 Å². The molecule has 1 aromatic heterocycles. The molecule has 0 bridgehead atoms. The lowest BCUT2D eigenvalue weighted by Crippen LogP contribution is -2.23. The van der Waals surface area contributed by atoms with Crippen LogP contribution in [0.15, 0.2) is 34.1 Å². The molecule has 1 atom stereocenters. The van der Waals surface area contributed by atoms with Crippen LogP contribution in [-0.4, -0.2) is 6.54 Å². The topological polar surface area (TPSA) is 12.0 Å². The molecule has 1 N–H and O–H groups in total. The van der Waals surface area contributed by atoms with E-state index < -0.39 is 0 Å². The third-order valence-electron chi connectivity index (χ3n) is 3.02. The van der Waals surface area contributed by atoms with Crippen molar-refractivity contribution >= 4 is 38.9 Å². The van der Waals surface area contributed by atoms with Gasteiger partial charge in [0.1, 0.15) is 5.82 Å². The Morgan fingerprint density at radius 1 is 1.35 bits per heavy atom. The van der Waals surface area contributed by atoms with Gasteiger partial charge in [-0.1, -0.05) is 24.6 Å². The molecule has 2 aromatic rings. The lowest BCUT2D eigenvalue weighted by molar-refractivity contribution is 0.519. The Bertz CT molecular complexity index is 573. The first kappa shape index (κ1) is 16.0. The fourth-order valence-electron chi connectivity index (χ4n) is 2.01. The number of nitrogens with one attached hydrogen (secondary N) is 1. The number of benzene rings is 1. The van der Waals surface area contributed by atoms with Crippen molar-refractivity contribution in [2.45, 2.75) is 25.8 Å². The summed E-state index contributed by atoms with van der Waals surface area (Å²) in [6, 6.07) is 9.11. The molecule has 0 fully saturated rings. The van der Waals surface area contributed by atoms with Crippen LogP contribution in [0.2, 0.25) is 5.02 Å². The van der Waals surface area contributed by atoms with Crippen molar-refractivity contribution in [1.82, 2.24) is 5.32 Å². The van der Waals surface area contributed by atoms with E-state index in [1.54, 1.807) is 23.5 Å². The van der Waals surface area contributed by atoms with E-state index in [0.29, 0.717) is 17.0 Å². The first-order valence-electron chi connectivity index (χ1n) is 6.52. The van der Waals surface area contributed by atoms with Crippen molar-refractivity contribution in [2.75, 3.05) is 6.54 Å².